The lowest BCUT2D eigenvalue weighted by atomic mass is 10.2. The highest BCUT2D eigenvalue weighted by molar-refractivity contribution is 14.1. The molecule has 110 valence electrons. The van der Waals surface area contributed by atoms with E-state index in [9.17, 15) is 0 Å². The third-order valence-electron chi connectivity index (χ3n) is 3.37. The highest BCUT2D eigenvalue weighted by atomic mass is 127. The van der Waals surface area contributed by atoms with Crippen molar-refractivity contribution in [2.75, 3.05) is 6.61 Å². The third kappa shape index (κ3) is 3.48. The van der Waals surface area contributed by atoms with Gasteiger partial charge in [-0.15, -0.1) is 0 Å². The molecule has 2 aromatic rings. The summed E-state index contributed by atoms with van der Waals surface area (Å²) in [6.07, 6.45) is 3.38. The zero-order valence-corrected chi connectivity index (χ0v) is 14.7. The van der Waals surface area contributed by atoms with Crippen molar-refractivity contribution in [2.45, 2.75) is 32.1 Å². The van der Waals surface area contributed by atoms with Crippen molar-refractivity contribution < 1.29 is 4.74 Å². The van der Waals surface area contributed by atoms with Gasteiger partial charge in [-0.1, -0.05) is 30.7 Å². The number of benzene rings is 1. The van der Waals surface area contributed by atoms with Crippen LogP contribution in [0.5, 0.6) is 5.75 Å². The molecule has 0 radical (unpaired) electrons. The zero-order chi connectivity index (χ0) is 14.8. The van der Waals surface area contributed by atoms with Crippen LogP contribution < -0.4 is 4.74 Å². The monoisotopic (exact) mass is 414 g/mol. The first-order valence-corrected chi connectivity index (χ1v) is 8.61. The molecule has 5 heteroatoms. The first-order valence-electron chi connectivity index (χ1n) is 7.15. The summed E-state index contributed by atoms with van der Waals surface area (Å²) in [4.78, 5) is 9.15. The molecule has 0 spiro atoms. The standard InChI is InChI=1S/C16H16ClIN2O/c1-2-8-21-12-5-3-4-11(9-12)16-19-14(10-6-7-10)13(18)15(17)20-16/h3-5,9-10H,2,6-8H2,1H3. The van der Waals surface area contributed by atoms with Crippen LogP contribution in [0.1, 0.15) is 37.8 Å². The van der Waals surface area contributed by atoms with Crippen LogP contribution in [0.25, 0.3) is 11.4 Å². The van der Waals surface area contributed by atoms with Crippen LogP contribution in [0.3, 0.4) is 0 Å². The Kier molecular flexibility index (Phi) is 4.64. The molecule has 0 bridgehead atoms. The van der Waals surface area contributed by atoms with E-state index >= 15 is 0 Å². The minimum absolute atomic E-state index is 0.544. The Morgan fingerprint density at radius 1 is 1.33 bits per heavy atom. The smallest absolute Gasteiger partial charge is 0.161 e. The Balaban J connectivity index is 1.96. The highest BCUT2D eigenvalue weighted by Gasteiger charge is 2.29. The van der Waals surface area contributed by atoms with Crippen LogP contribution in [0.2, 0.25) is 5.15 Å². The van der Waals surface area contributed by atoms with Gasteiger partial charge in [0.05, 0.1) is 15.9 Å². The average molecular weight is 415 g/mol. The fourth-order valence-corrected chi connectivity index (χ4v) is 3.00. The molecule has 0 N–H and O–H groups in total. The van der Waals surface area contributed by atoms with Gasteiger partial charge >= 0.3 is 0 Å². The molecule has 0 aliphatic heterocycles. The van der Waals surface area contributed by atoms with E-state index in [1.807, 2.05) is 24.3 Å². The third-order valence-corrected chi connectivity index (χ3v) is 5.02. The summed E-state index contributed by atoms with van der Waals surface area (Å²) < 4.78 is 6.66. The molecule has 3 nitrogen and oxygen atoms in total. The van der Waals surface area contributed by atoms with Crippen molar-refractivity contribution in [3.8, 4) is 17.1 Å². The summed E-state index contributed by atoms with van der Waals surface area (Å²) in [6, 6.07) is 7.89. The van der Waals surface area contributed by atoms with Gasteiger partial charge in [0.1, 0.15) is 10.9 Å². The quantitative estimate of drug-likeness (QED) is 0.506. The second-order valence-corrected chi connectivity index (χ2v) is 6.62. The van der Waals surface area contributed by atoms with Gasteiger partial charge in [0, 0.05) is 11.5 Å². The molecule has 1 saturated carbocycles. The molecule has 1 fully saturated rings. The Morgan fingerprint density at radius 2 is 2.14 bits per heavy atom. The molecule has 0 atom stereocenters. The van der Waals surface area contributed by atoms with Gasteiger partial charge < -0.3 is 4.74 Å². The SMILES string of the molecule is CCCOc1cccc(-c2nc(Cl)c(I)c(C3CC3)n2)c1. The number of halogens is 2. The van der Waals surface area contributed by atoms with E-state index in [4.69, 9.17) is 21.3 Å². The molecule has 1 aromatic carbocycles. The molecule has 1 aliphatic rings. The van der Waals surface area contributed by atoms with Crippen LogP contribution in [0.15, 0.2) is 24.3 Å². The van der Waals surface area contributed by atoms with E-state index < -0.39 is 0 Å². The maximum Gasteiger partial charge on any atom is 0.161 e. The van der Waals surface area contributed by atoms with Crippen molar-refractivity contribution in [3.63, 3.8) is 0 Å². The van der Waals surface area contributed by atoms with Crippen LogP contribution in [-0.4, -0.2) is 16.6 Å². The number of rotatable bonds is 5. The second kappa shape index (κ2) is 6.48. The fraction of sp³-hybridized carbons (Fsp3) is 0.375. The largest absolute Gasteiger partial charge is 0.494 e. The van der Waals surface area contributed by atoms with Gasteiger partial charge in [0.25, 0.3) is 0 Å². The summed E-state index contributed by atoms with van der Waals surface area (Å²) in [5, 5.41) is 0.544. The number of hydrogen-bond donors (Lipinski definition) is 0. The van der Waals surface area contributed by atoms with Crippen LogP contribution in [0, 0.1) is 3.57 Å². The molecule has 0 amide bonds. The van der Waals surface area contributed by atoms with E-state index in [0.29, 0.717) is 23.5 Å². The lowest BCUT2D eigenvalue weighted by molar-refractivity contribution is 0.317. The molecule has 0 unspecified atom stereocenters. The summed E-state index contributed by atoms with van der Waals surface area (Å²) in [5.41, 5.74) is 2.04. The number of nitrogens with zero attached hydrogens (tertiary/aromatic N) is 2. The topological polar surface area (TPSA) is 35.0 Å². The molecular formula is C16H16ClIN2O. The summed E-state index contributed by atoms with van der Waals surface area (Å²) in [5.74, 6) is 2.08. The van der Waals surface area contributed by atoms with E-state index in [2.05, 4.69) is 34.5 Å². The normalized spacial score (nSPS) is 14.2. The second-order valence-electron chi connectivity index (χ2n) is 5.19. The van der Waals surface area contributed by atoms with Gasteiger partial charge in [0.15, 0.2) is 5.82 Å². The van der Waals surface area contributed by atoms with Gasteiger partial charge in [-0.05, 0) is 54.0 Å². The lowest BCUT2D eigenvalue weighted by Gasteiger charge is -2.09. The van der Waals surface area contributed by atoms with Crippen LogP contribution in [-0.2, 0) is 0 Å². The van der Waals surface area contributed by atoms with Crippen molar-refractivity contribution >= 4 is 34.2 Å². The Hall–Kier alpha value is -0.880. The molecule has 1 aromatic heterocycles. The van der Waals surface area contributed by atoms with Crippen LogP contribution in [0.4, 0.5) is 0 Å². The van der Waals surface area contributed by atoms with Gasteiger partial charge in [-0.25, -0.2) is 9.97 Å². The predicted molar refractivity (Wildman–Crippen MR) is 93.0 cm³/mol. The van der Waals surface area contributed by atoms with Gasteiger partial charge in [-0.3, -0.25) is 0 Å². The molecule has 21 heavy (non-hydrogen) atoms. The lowest BCUT2D eigenvalue weighted by Crippen LogP contribution is -2.00. The maximum absolute atomic E-state index is 6.27. The number of aromatic nitrogens is 2. The van der Waals surface area contributed by atoms with E-state index in [1.54, 1.807) is 0 Å². The highest BCUT2D eigenvalue weighted by Crippen LogP contribution is 2.42. The minimum atomic E-state index is 0.544. The molecule has 1 aliphatic carbocycles. The van der Waals surface area contributed by atoms with Gasteiger partial charge in [0.2, 0.25) is 0 Å². The Bertz CT molecular complexity index is 659. The Labute approximate surface area is 143 Å². The summed E-state index contributed by atoms with van der Waals surface area (Å²) in [6.45, 7) is 2.80. The van der Waals surface area contributed by atoms with Gasteiger partial charge in [-0.2, -0.15) is 0 Å². The first kappa shape index (κ1) is 15.0. The molecule has 1 heterocycles. The molecular weight excluding hydrogens is 399 g/mol. The first-order chi connectivity index (χ1) is 10.2. The van der Waals surface area contributed by atoms with E-state index in [0.717, 1.165) is 27.0 Å². The molecule has 0 saturated heterocycles. The number of hydrogen-bond acceptors (Lipinski definition) is 3. The Morgan fingerprint density at radius 3 is 2.86 bits per heavy atom. The maximum atomic E-state index is 6.27. The zero-order valence-electron chi connectivity index (χ0n) is 11.8. The van der Waals surface area contributed by atoms with Crippen molar-refractivity contribution in [3.05, 3.63) is 38.7 Å². The minimum Gasteiger partial charge on any atom is -0.494 e. The van der Waals surface area contributed by atoms with E-state index in [-0.39, 0.29) is 0 Å². The number of ether oxygens (including phenoxy) is 1. The van der Waals surface area contributed by atoms with E-state index in [1.165, 1.54) is 12.8 Å². The fourth-order valence-electron chi connectivity index (χ4n) is 2.14. The summed E-state index contributed by atoms with van der Waals surface area (Å²) in [7, 11) is 0. The van der Waals surface area contributed by atoms with Crippen LogP contribution >= 0.6 is 34.2 Å². The summed E-state index contributed by atoms with van der Waals surface area (Å²) >= 11 is 8.51. The van der Waals surface area contributed by atoms with Crippen molar-refractivity contribution in [1.82, 2.24) is 9.97 Å². The van der Waals surface area contributed by atoms with Crippen molar-refractivity contribution in [2.24, 2.45) is 0 Å². The molecule has 3 rings (SSSR count). The van der Waals surface area contributed by atoms with Crippen molar-refractivity contribution in [1.29, 1.82) is 0 Å². The predicted octanol–water partition coefficient (Wildman–Crippen LogP) is 5.07. The average Bonchev–Trinajstić information content (AvgIpc) is 3.33.